The van der Waals surface area contributed by atoms with Gasteiger partial charge in [0.25, 0.3) is 5.91 Å². The normalized spacial score (nSPS) is 13.8. The first-order valence-corrected chi connectivity index (χ1v) is 7.22. The molecule has 1 aromatic carbocycles. The monoisotopic (exact) mass is 322 g/mol. The standard InChI is InChI=1S/C14H12Cl2N4O/c15-9-1-4-12(11(16)5-9)20-13(21)8-6-17-14(18-7-8)19-10-2-3-10/h1,4-7,10H,2-3H2,(H,20,21)(H,17,18,19). The van der Waals surface area contributed by atoms with E-state index in [0.717, 1.165) is 12.8 Å². The van der Waals surface area contributed by atoms with Gasteiger partial charge in [0.2, 0.25) is 5.95 Å². The molecule has 1 fully saturated rings. The summed E-state index contributed by atoms with van der Waals surface area (Å²) in [4.78, 5) is 20.3. The van der Waals surface area contributed by atoms with E-state index in [1.54, 1.807) is 18.2 Å². The van der Waals surface area contributed by atoms with Crippen LogP contribution in [0.2, 0.25) is 10.0 Å². The molecule has 0 saturated heterocycles. The lowest BCUT2D eigenvalue weighted by Crippen LogP contribution is -2.14. The molecular formula is C14H12Cl2N4O. The number of carbonyl (C=O) groups excluding carboxylic acids is 1. The summed E-state index contributed by atoms with van der Waals surface area (Å²) in [5.41, 5.74) is 0.855. The number of anilines is 2. The number of hydrogen-bond acceptors (Lipinski definition) is 4. The Morgan fingerprint density at radius 2 is 1.90 bits per heavy atom. The van der Waals surface area contributed by atoms with E-state index < -0.39 is 0 Å². The summed E-state index contributed by atoms with van der Waals surface area (Å²) in [6, 6.07) is 5.34. The van der Waals surface area contributed by atoms with Gasteiger partial charge >= 0.3 is 0 Å². The second-order valence-corrected chi connectivity index (χ2v) is 5.64. The van der Waals surface area contributed by atoms with E-state index >= 15 is 0 Å². The summed E-state index contributed by atoms with van der Waals surface area (Å²) in [7, 11) is 0. The highest BCUT2D eigenvalue weighted by atomic mass is 35.5. The van der Waals surface area contributed by atoms with E-state index in [0.29, 0.717) is 33.3 Å². The van der Waals surface area contributed by atoms with Gasteiger partial charge in [0, 0.05) is 23.5 Å². The van der Waals surface area contributed by atoms with Crippen LogP contribution in [0, 0.1) is 0 Å². The molecule has 1 aromatic heterocycles. The van der Waals surface area contributed by atoms with Gasteiger partial charge in [-0.25, -0.2) is 9.97 Å². The van der Waals surface area contributed by atoms with Gasteiger partial charge in [0.05, 0.1) is 16.3 Å². The molecule has 0 bridgehead atoms. The van der Waals surface area contributed by atoms with Gasteiger partial charge in [0.15, 0.2) is 0 Å². The average Bonchev–Trinajstić information content (AvgIpc) is 3.26. The predicted molar refractivity (Wildman–Crippen MR) is 83.1 cm³/mol. The Bertz CT molecular complexity index is 671. The summed E-state index contributed by atoms with van der Waals surface area (Å²) in [5, 5.41) is 6.74. The highest BCUT2D eigenvalue weighted by Crippen LogP contribution is 2.26. The lowest BCUT2D eigenvalue weighted by Gasteiger charge is -2.08. The minimum atomic E-state index is -0.322. The van der Waals surface area contributed by atoms with Gasteiger partial charge in [-0.1, -0.05) is 23.2 Å². The van der Waals surface area contributed by atoms with Crippen LogP contribution in [0.4, 0.5) is 11.6 Å². The average molecular weight is 323 g/mol. The van der Waals surface area contributed by atoms with Crippen molar-refractivity contribution in [3.63, 3.8) is 0 Å². The van der Waals surface area contributed by atoms with Crippen LogP contribution in [0.1, 0.15) is 23.2 Å². The molecule has 5 nitrogen and oxygen atoms in total. The predicted octanol–water partition coefficient (Wildman–Crippen LogP) is 3.61. The van der Waals surface area contributed by atoms with E-state index in [-0.39, 0.29) is 5.91 Å². The van der Waals surface area contributed by atoms with Gasteiger partial charge in [-0.3, -0.25) is 4.79 Å². The summed E-state index contributed by atoms with van der Waals surface area (Å²) >= 11 is 11.8. The molecular weight excluding hydrogens is 311 g/mol. The first-order valence-electron chi connectivity index (χ1n) is 6.47. The molecule has 1 aliphatic carbocycles. The van der Waals surface area contributed by atoms with Crippen molar-refractivity contribution in [1.29, 1.82) is 0 Å². The summed E-state index contributed by atoms with van der Waals surface area (Å²) < 4.78 is 0. The van der Waals surface area contributed by atoms with E-state index in [4.69, 9.17) is 23.2 Å². The molecule has 1 saturated carbocycles. The van der Waals surface area contributed by atoms with Crippen LogP contribution in [0.25, 0.3) is 0 Å². The topological polar surface area (TPSA) is 66.9 Å². The van der Waals surface area contributed by atoms with Crippen molar-refractivity contribution in [3.05, 3.63) is 46.2 Å². The van der Waals surface area contributed by atoms with Crippen LogP contribution in [0.5, 0.6) is 0 Å². The molecule has 1 amide bonds. The SMILES string of the molecule is O=C(Nc1ccc(Cl)cc1Cl)c1cnc(NC2CC2)nc1. The number of rotatable bonds is 4. The second-order valence-electron chi connectivity index (χ2n) is 4.79. The lowest BCUT2D eigenvalue weighted by atomic mass is 10.2. The fourth-order valence-electron chi connectivity index (χ4n) is 1.72. The van der Waals surface area contributed by atoms with Crippen LogP contribution >= 0.6 is 23.2 Å². The van der Waals surface area contributed by atoms with Crippen molar-refractivity contribution in [2.24, 2.45) is 0 Å². The zero-order valence-corrected chi connectivity index (χ0v) is 12.4. The van der Waals surface area contributed by atoms with Gasteiger partial charge in [-0.2, -0.15) is 0 Å². The number of aromatic nitrogens is 2. The van der Waals surface area contributed by atoms with Gasteiger partial charge < -0.3 is 10.6 Å². The first kappa shape index (κ1) is 14.1. The second kappa shape index (κ2) is 5.87. The van der Waals surface area contributed by atoms with E-state index in [1.165, 1.54) is 12.4 Å². The highest BCUT2D eigenvalue weighted by Gasteiger charge is 2.21. The molecule has 0 unspecified atom stereocenters. The zero-order valence-electron chi connectivity index (χ0n) is 10.9. The highest BCUT2D eigenvalue weighted by molar-refractivity contribution is 6.36. The Hall–Kier alpha value is -1.85. The number of halogens is 2. The van der Waals surface area contributed by atoms with E-state index in [9.17, 15) is 4.79 Å². The third-order valence-corrected chi connectivity index (χ3v) is 3.55. The van der Waals surface area contributed by atoms with Crippen LogP contribution < -0.4 is 10.6 Å². The zero-order chi connectivity index (χ0) is 14.8. The van der Waals surface area contributed by atoms with Crippen molar-refractivity contribution >= 4 is 40.7 Å². The minimum Gasteiger partial charge on any atom is -0.351 e. The molecule has 0 aliphatic heterocycles. The third kappa shape index (κ3) is 3.62. The van der Waals surface area contributed by atoms with E-state index in [1.807, 2.05) is 0 Å². The number of hydrogen-bond donors (Lipinski definition) is 2. The Morgan fingerprint density at radius 1 is 1.19 bits per heavy atom. The number of nitrogens with zero attached hydrogens (tertiary/aromatic N) is 2. The summed E-state index contributed by atoms with van der Waals surface area (Å²) in [5.74, 6) is 0.218. The van der Waals surface area contributed by atoms with Crippen LogP contribution in [0.15, 0.2) is 30.6 Å². The molecule has 0 spiro atoms. The molecule has 7 heteroatoms. The maximum atomic E-state index is 12.1. The molecule has 21 heavy (non-hydrogen) atoms. The number of carbonyl (C=O) groups is 1. The smallest absolute Gasteiger partial charge is 0.258 e. The van der Waals surface area contributed by atoms with Crippen molar-refractivity contribution in [2.75, 3.05) is 10.6 Å². The van der Waals surface area contributed by atoms with Gasteiger partial charge in [-0.05, 0) is 31.0 Å². The number of benzene rings is 1. The molecule has 2 N–H and O–H groups in total. The van der Waals surface area contributed by atoms with Crippen LogP contribution in [0.3, 0.4) is 0 Å². The fraction of sp³-hybridized carbons (Fsp3) is 0.214. The largest absolute Gasteiger partial charge is 0.351 e. The summed E-state index contributed by atoms with van der Waals surface area (Å²) in [6.07, 6.45) is 5.25. The third-order valence-electron chi connectivity index (χ3n) is 3.00. The van der Waals surface area contributed by atoms with E-state index in [2.05, 4.69) is 20.6 Å². The number of nitrogens with one attached hydrogen (secondary N) is 2. The number of amides is 1. The lowest BCUT2D eigenvalue weighted by molar-refractivity contribution is 0.102. The molecule has 2 aromatic rings. The van der Waals surface area contributed by atoms with Crippen LogP contribution in [-0.2, 0) is 0 Å². The Labute approximate surface area is 131 Å². The van der Waals surface area contributed by atoms with Crippen molar-refractivity contribution < 1.29 is 4.79 Å². The van der Waals surface area contributed by atoms with Crippen molar-refractivity contribution in [2.45, 2.75) is 18.9 Å². The van der Waals surface area contributed by atoms with Gasteiger partial charge in [-0.15, -0.1) is 0 Å². The molecule has 3 rings (SSSR count). The fourth-order valence-corrected chi connectivity index (χ4v) is 2.17. The van der Waals surface area contributed by atoms with Gasteiger partial charge in [0.1, 0.15) is 0 Å². The maximum absolute atomic E-state index is 12.1. The minimum absolute atomic E-state index is 0.322. The molecule has 0 atom stereocenters. The summed E-state index contributed by atoms with van der Waals surface area (Å²) in [6.45, 7) is 0. The van der Waals surface area contributed by atoms with Crippen LogP contribution in [-0.4, -0.2) is 21.9 Å². The molecule has 108 valence electrons. The molecule has 0 radical (unpaired) electrons. The molecule has 1 aliphatic rings. The van der Waals surface area contributed by atoms with Crippen molar-refractivity contribution in [1.82, 2.24) is 9.97 Å². The Kier molecular flexibility index (Phi) is 3.94. The maximum Gasteiger partial charge on any atom is 0.258 e. The molecule has 1 heterocycles. The Balaban J connectivity index is 1.69. The Morgan fingerprint density at radius 3 is 2.52 bits per heavy atom. The van der Waals surface area contributed by atoms with Crippen molar-refractivity contribution in [3.8, 4) is 0 Å². The first-order chi connectivity index (χ1) is 10.1. The quantitative estimate of drug-likeness (QED) is 0.902.